The average molecular weight is 297 g/mol. The Kier molecular flexibility index (Phi) is 6.14. The summed E-state index contributed by atoms with van der Waals surface area (Å²) in [6, 6.07) is 6.36. The molecule has 20 heavy (non-hydrogen) atoms. The Morgan fingerprint density at radius 3 is 3.00 bits per heavy atom. The summed E-state index contributed by atoms with van der Waals surface area (Å²) in [5.41, 5.74) is 2.37. The topological polar surface area (TPSA) is 35.5 Å². The minimum Gasteiger partial charge on any atom is -0.396 e. The molecule has 3 nitrogen and oxygen atoms in total. The van der Waals surface area contributed by atoms with Gasteiger partial charge in [-0.15, -0.1) is 0 Å². The molecule has 0 saturated carbocycles. The lowest BCUT2D eigenvalue weighted by Gasteiger charge is -2.20. The monoisotopic (exact) mass is 296 g/mol. The molecule has 1 atom stereocenters. The molecule has 4 heteroatoms. The van der Waals surface area contributed by atoms with Gasteiger partial charge in [-0.2, -0.15) is 0 Å². The molecule has 1 aromatic carbocycles. The maximum absolute atomic E-state index is 9.03. The zero-order valence-corrected chi connectivity index (χ0v) is 13.0. The fourth-order valence-electron chi connectivity index (χ4n) is 2.80. The molecule has 0 aliphatic carbocycles. The van der Waals surface area contributed by atoms with E-state index in [1.807, 2.05) is 0 Å². The second kappa shape index (κ2) is 7.87. The summed E-state index contributed by atoms with van der Waals surface area (Å²) in [5.74, 6) is 0.599. The van der Waals surface area contributed by atoms with Crippen molar-refractivity contribution in [1.29, 1.82) is 0 Å². The van der Waals surface area contributed by atoms with Gasteiger partial charge in [-0.1, -0.05) is 24.6 Å². The predicted octanol–water partition coefficient (Wildman–Crippen LogP) is 3.05. The van der Waals surface area contributed by atoms with Crippen LogP contribution < -0.4 is 10.2 Å². The number of hydrogen-bond acceptors (Lipinski definition) is 3. The number of anilines is 1. The van der Waals surface area contributed by atoms with E-state index in [4.69, 9.17) is 16.7 Å². The van der Waals surface area contributed by atoms with Gasteiger partial charge in [0.1, 0.15) is 0 Å². The normalized spacial score (nSPS) is 18.8. The Hall–Kier alpha value is -0.770. The molecule has 2 N–H and O–H groups in total. The SMILES string of the molecule is CCCNCc1ccc(N2CCC(CCO)C2)c(Cl)c1. The van der Waals surface area contributed by atoms with Crippen LogP contribution in [0.4, 0.5) is 5.69 Å². The van der Waals surface area contributed by atoms with Crippen LogP contribution in [-0.2, 0) is 6.54 Å². The van der Waals surface area contributed by atoms with Crippen LogP contribution in [-0.4, -0.2) is 31.3 Å². The van der Waals surface area contributed by atoms with Crippen LogP contribution in [0, 0.1) is 5.92 Å². The minimum atomic E-state index is 0.286. The molecule has 1 unspecified atom stereocenters. The van der Waals surface area contributed by atoms with Crippen LogP contribution >= 0.6 is 11.6 Å². The standard InChI is InChI=1S/C16H25ClN2O/c1-2-7-18-11-14-3-4-16(15(17)10-14)19-8-5-13(12-19)6-9-20/h3-4,10,13,18,20H,2,5-9,11-12H2,1H3. The molecule has 1 saturated heterocycles. The van der Waals surface area contributed by atoms with Gasteiger partial charge >= 0.3 is 0 Å². The number of aliphatic hydroxyl groups excluding tert-OH is 1. The molecule has 0 radical (unpaired) electrons. The van der Waals surface area contributed by atoms with E-state index in [1.54, 1.807) is 0 Å². The summed E-state index contributed by atoms with van der Waals surface area (Å²) in [6.45, 7) is 6.41. The van der Waals surface area contributed by atoms with Crippen molar-refractivity contribution >= 4 is 17.3 Å². The molecule has 1 aliphatic rings. The van der Waals surface area contributed by atoms with E-state index in [2.05, 4.69) is 35.3 Å². The molecule has 1 heterocycles. The molecule has 0 bridgehead atoms. The maximum Gasteiger partial charge on any atom is 0.0642 e. The van der Waals surface area contributed by atoms with Crippen molar-refractivity contribution in [2.24, 2.45) is 5.92 Å². The summed E-state index contributed by atoms with van der Waals surface area (Å²) < 4.78 is 0. The van der Waals surface area contributed by atoms with Crippen LogP contribution in [0.2, 0.25) is 5.02 Å². The number of nitrogens with zero attached hydrogens (tertiary/aromatic N) is 1. The molecule has 2 rings (SSSR count). The molecule has 112 valence electrons. The Bertz CT molecular complexity index is 425. The molecular weight excluding hydrogens is 272 g/mol. The highest BCUT2D eigenvalue weighted by Gasteiger charge is 2.23. The number of nitrogens with one attached hydrogen (secondary N) is 1. The van der Waals surface area contributed by atoms with Gasteiger partial charge in [0, 0.05) is 26.2 Å². The molecule has 0 amide bonds. The van der Waals surface area contributed by atoms with Gasteiger partial charge in [-0.05, 0) is 49.4 Å². The van der Waals surface area contributed by atoms with Crippen molar-refractivity contribution in [3.05, 3.63) is 28.8 Å². The Morgan fingerprint density at radius 2 is 2.30 bits per heavy atom. The van der Waals surface area contributed by atoms with Gasteiger partial charge in [0.25, 0.3) is 0 Å². The van der Waals surface area contributed by atoms with Gasteiger partial charge in [-0.3, -0.25) is 0 Å². The third-order valence-corrected chi connectivity index (χ3v) is 4.23. The van der Waals surface area contributed by atoms with Crippen LogP contribution in [0.25, 0.3) is 0 Å². The largest absolute Gasteiger partial charge is 0.396 e. The summed E-state index contributed by atoms with van der Waals surface area (Å²) in [7, 11) is 0. The molecule has 1 aromatic rings. The van der Waals surface area contributed by atoms with E-state index in [-0.39, 0.29) is 6.61 Å². The van der Waals surface area contributed by atoms with Gasteiger partial charge < -0.3 is 15.3 Å². The highest BCUT2D eigenvalue weighted by Crippen LogP contribution is 2.32. The highest BCUT2D eigenvalue weighted by atomic mass is 35.5. The summed E-state index contributed by atoms with van der Waals surface area (Å²) in [5, 5.41) is 13.3. The van der Waals surface area contributed by atoms with E-state index in [0.717, 1.165) is 56.2 Å². The number of halogens is 1. The van der Waals surface area contributed by atoms with Gasteiger partial charge in [0.15, 0.2) is 0 Å². The molecule has 1 aliphatic heterocycles. The highest BCUT2D eigenvalue weighted by molar-refractivity contribution is 6.33. The third kappa shape index (κ3) is 4.11. The second-order valence-electron chi connectivity index (χ2n) is 5.58. The van der Waals surface area contributed by atoms with Crippen molar-refractivity contribution in [3.63, 3.8) is 0 Å². The van der Waals surface area contributed by atoms with Crippen LogP contribution in [0.5, 0.6) is 0 Å². The summed E-state index contributed by atoms with van der Waals surface area (Å²) in [6.07, 6.45) is 3.19. The van der Waals surface area contributed by atoms with E-state index in [9.17, 15) is 0 Å². The van der Waals surface area contributed by atoms with E-state index in [1.165, 1.54) is 5.56 Å². The molecule has 1 fully saturated rings. The smallest absolute Gasteiger partial charge is 0.0642 e. The summed E-state index contributed by atoms with van der Waals surface area (Å²) in [4.78, 5) is 2.34. The second-order valence-corrected chi connectivity index (χ2v) is 5.98. The zero-order chi connectivity index (χ0) is 14.4. The van der Waals surface area contributed by atoms with Crippen molar-refractivity contribution in [2.45, 2.75) is 32.7 Å². The minimum absolute atomic E-state index is 0.286. The lowest BCUT2D eigenvalue weighted by Crippen LogP contribution is -2.20. The number of hydrogen-bond donors (Lipinski definition) is 2. The van der Waals surface area contributed by atoms with Crippen molar-refractivity contribution in [3.8, 4) is 0 Å². The zero-order valence-electron chi connectivity index (χ0n) is 12.2. The van der Waals surface area contributed by atoms with Crippen molar-refractivity contribution in [1.82, 2.24) is 5.32 Å². The third-order valence-electron chi connectivity index (χ3n) is 3.93. The fraction of sp³-hybridized carbons (Fsp3) is 0.625. The quantitative estimate of drug-likeness (QED) is 0.759. The first-order valence-corrected chi connectivity index (χ1v) is 7.97. The van der Waals surface area contributed by atoms with Gasteiger partial charge in [0.2, 0.25) is 0 Å². The first-order chi connectivity index (χ1) is 9.74. The lowest BCUT2D eigenvalue weighted by atomic mass is 10.1. The van der Waals surface area contributed by atoms with Gasteiger partial charge in [-0.25, -0.2) is 0 Å². The van der Waals surface area contributed by atoms with Crippen LogP contribution in [0.15, 0.2) is 18.2 Å². The summed E-state index contributed by atoms with van der Waals surface area (Å²) >= 11 is 6.43. The Morgan fingerprint density at radius 1 is 1.45 bits per heavy atom. The van der Waals surface area contributed by atoms with E-state index in [0.29, 0.717) is 5.92 Å². The lowest BCUT2D eigenvalue weighted by molar-refractivity contribution is 0.263. The number of rotatable bonds is 7. The van der Waals surface area contributed by atoms with E-state index < -0.39 is 0 Å². The first-order valence-electron chi connectivity index (χ1n) is 7.59. The average Bonchev–Trinajstić information content (AvgIpc) is 2.88. The Balaban J connectivity index is 1.96. The molecular formula is C16H25ClN2O. The van der Waals surface area contributed by atoms with Crippen molar-refractivity contribution < 1.29 is 5.11 Å². The predicted molar refractivity (Wildman–Crippen MR) is 85.5 cm³/mol. The number of benzene rings is 1. The van der Waals surface area contributed by atoms with Crippen LogP contribution in [0.3, 0.4) is 0 Å². The first kappa shape index (κ1) is 15.6. The fourth-order valence-corrected chi connectivity index (χ4v) is 3.12. The molecule has 0 spiro atoms. The van der Waals surface area contributed by atoms with E-state index >= 15 is 0 Å². The van der Waals surface area contributed by atoms with Gasteiger partial charge in [0.05, 0.1) is 10.7 Å². The Labute approximate surface area is 126 Å². The van der Waals surface area contributed by atoms with Crippen LogP contribution in [0.1, 0.15) is 31.7 Å². The maximum atomic E-state index is 9.03. The number of aliphatic hydroxyl groups is 1. The van der Waals surface area contributed by atoms with Crippen molar-refractivity contribution in [2.75, 3.05) is 31.1 Å². The molecule has 0 aromatic heterocycles.